The normalized spacial score (nSPS) is 18.1. The van der Waals surface area contributed by atoms with E-state index in [0.29, 0.717) is 17.3 Å². The monoisotopic (exact) mass is 459 g/mol. The topological polar surface area (TPSA) is 115 Å². The van der Waals surface area contributed by atoms with E-state index >= 15 is 0 Å². The Bertz CT molecular complexity index is 1070. The Kier molecular flexibility index (Phi) is 9.25. The Balaban J connectivity index is 1.70. The van der Waals surface area contributed by atoms with E-state index in [1.165, 1.54) is 0 Å². The van der Waals surface area contributed by atoms with E-state index in [0.717, 1.165) is 49.9 Å². The van der Waals surface area contributed by atoms with Crippen molar-refractivity contribution < 1.29 is 4.79 Å². The lowest BCUT2D eigenvalue weighted by atomic mass is 9.86. The highest BCUT2D eigenvalue weighted by molar-refractivity contribution is 5.81. The molecule has 3 rings (SSSR count). The molecule has 0 spiro atoms. The van der Waals surface area contributed by atoms with E-state index in [9.17, 15) is 4.79 Å². The van der Waals surface area contributed by atoms with Crippen LogP contribution in [0.5, 0.6) is 0 Å². The van der Waals surface area contributed by atoms with Crippen LogP contribution in [0, 0.1) is 29.1 Å². The summed E-state index contributed by atoms with van der Waals surface area (Å²) in [5.74, 6) is 8.09. The van der Waals surface area contributed by atoms with Gasteiger partial charge in [0.2, 0.25) is 11.9 Å². The molecular weight excluding hydrogens is 426 g/mol. The Labute approximate surface area is 202 Å². The minimum absolute atomic E-state index is 0.0333. The third kappa shape index (κ3) is 7.19. The van der Waals surface area contributed by atoms with Gasteiger partial charge in [-0.15, -0.1) is 0 Å². The lowest BCUT2D eigenvalue weighted by Gasteiger charge is -2.28. The summed E-state index contributed by atoms with van der Waals surface area (Å²) in [6.45, 7) is 4.74. The zero-order chi connectivity index (χ0) is 24.3. The van der Waals surface area contributed by atoms with Crippen molar-refractivity contribution >= 4 is 23.4 Å². The second kappa shape index (κ2) is 12.6. The lowest BCUT2D eigenvalue weighted by molar-refractivity contribution is -0.123. The van der Waals surface area contributed by atoms with Gasteiger partial charge in [-0.05, 0) is 63.9 Å². The van der Waals surface area contributed by atoms with Gasteiger partial charge < -0.3 is 21.3 Å². The molecule has 8 nitrogen and oxygen atoms in total. The maximum absolute atomic E-state index is 12.2. The van der Waals surface area contributed by atoms with Crippen molar-refractivity contribution in [2.24, 2.45) is 5.92 Å². The molecule has 1 aromatic heterocycles. The van der Waals surface area contributed by atoms with Crippen molar-refractivity contribution in [3.05, 3.63) is 41.6 Å². The zero-order valence-electron chi connectivity index (χ0n) is 20.1. The molecule has 0 unspecified atom stereocenters. The first-order valence-electron chi connectivity index (χ1n) is 11.9. The van der Waals surface area contributed by atoms with Gasteiger partial charge in [0.15, 0.2) is 0 Å². The molecule has 0 bridgehead atoms. The standard InChI is InChI=1S/C26H33N7O/c1-4-14-29-24-21(17-30-26(33-24)32-22-12-9-20(16-27)10-13-22)11-8-19-6-5-7-23(15-19)31-25(34)18(2)28-3/h9-10,12-13,17-19,23,28H,4-7,14-15H2,1-3H3,(H,31,34)(H2,29,30,32,33)/t18-,19+,23-/m0/s1. The quantitative estimate of drug-likeness (QED) is 0.446. The average Bonchev–Trinajstić information content (AvgIpc) is 2.87. The van der Waals surface area contributed by atoms with Gasteiger partial charge in [-0.25, -0.2) is 4.98 Å². The number of aromatic nitrogens is 2. The summed E-state index contributed by atoms with van der Waals surface area (Å²) >= 11 is 0. The lowest BCUT2D eigenvalue weighted by Crippen LogP contribution is -2.46. The number of nitrogens with one attached hydrogen (secondary N) is 4. The number of nitrogens with zero attached hydrogens (tertiary/aromatic N) is 3. The number of anilines is 3. The second-order valence-electron chi connectivity index (χ2n) is 8.55. The fourth-order valence-corrected chi connectivity index (χ4v) is 3.76. The van der Waals surface area contributed by atoms with Gasteiger partial charge in [-0.1, -0.05) is 25.2 Å². The molecule has 1 aliphatic carbocycles. The Morgan fingerprint density at radius 2 is 2.06 bits per heavy atom. The van der Waals surface area contributed by atoms with Crippen LogP contribution in [0.1, 0.15) is 57.1 Å². The first-order valence-corrected chi connectivity index (χ1v) is 11.9. The van der Waals surface area contributed by atoms with Crippen molar-refractivity contribution in [3.8, 4) is 17.9 Å². The molecule has 1 aromatic carbocycles. The number of amides is 1. The zero-order valence-corrected chi connectivity index (χ0v) is 20.1. The molecule has 0 radical (unpaired) electrons. The molecule has 0 saturated heterocycles. The van der Waals surface area contributed by atoms with Crippen LogP contribution >= 0.6 is 0 Å². The van der Waals surface area contributed by atoms with E-state index in [4.69, 9.17) is 5.26 Å². The molecular formula is C26H33N7O. The van der Waals surface area contributed by atoms with E-state index < -0.39 is 0 Å². The van der Waals surface area contributed by atoms with Crippen LogP contribution in [-0.4, -0.2) is 41.6 Å². The van der Waals surface area contributed by atoms with Crippen LogP contribution in [0.15, 0.2) is 30.5 Å². The van der Waals surface area contributed by atoms with Gasteiger partial charge >= 0.3 is 0 Å². The maximum atomic E-state index is 12.2. The first-order chi connectivity index (χ1) is 16.5. The Morgan fingerprint density at radius 1 is 1.26 bits per heavy atom. The number of benzene rings is 1. The van der Waals surface area contributed by atoms with Crippen LogP contribution in [0.2, 0.25) is 0 Å². The third-order valence-corrected chi connectivity index (χ3v) is 5.86. The summed E-state index contributed by atoms with van der Waals surface area (Å²) in [6, 6.07) is 9.21. The van der Waals surface area contributed by atoms with Gasteiger partial charge in [0.1, 0.15) is 5.82 Å². The highest BCUT2D eigenvalue weighted by Crippen LogP contribution is 2.24. The average molecular weight is 460 g/mol. The minimum Gasteiger partial charge on any atom is -0.369 e. The molecule has 2 aromatic rings. The van der Waals surface area contributed by atoms with Crippen molar-refractivity contribution in [2.75, 3.05) is 24.2 Å². The van der Waals surface area contributed by atoms with Crippen LogP contribution in [-0.2, 0) is 4.79 Å². The second-order valence-corrected chi connectivity index (χ2v) is 8.55. The van der Waals surface area contributed by atoms with Crippen LogP contribution in [0.25, 0.3) is 0 Å². The largest absolute Gasteiger partial charge is 0.369 e. The third-order valence-electron chi connectivity index (χ3n) is 5.86. The fraction of sp³-hybridized carbons (Fsp3) is 0.462. The number of carbonyl (C=O) groups excluding carboxylic acids is 1. The Morgan fingerprint density at radius 3 is 2.76 bits per heavy atom. The minimum atomic E-state index is -0.202. The van der Waals surface area contributed by atoms with Crippen LogP contribution in [0.3, 0.4) is 0 Å². The molecule has 34 heavy (non-hydrogen) atoms. The smallest absolute Gasteiger partial charge is 0.237 e. The number of carbonyl (C=O) groups is 1. The van der Waals surface area contributed by atoms with E-state index in [-0.39, 0.29) is 23.9 Å². The summed E-state index contributed by atoms with van der Waals surface area (Å²) in [5, 5.41) is 21.6. The first kappa shape index (κ1) is 25.0. The highest BCUT2D eigenvalue weighted by atomic mass is 16.2. The summed E-state index contributed by atoms with van der Waals surface area (Å²) in [6.07, 6.45) is 6.61. The van der Waals surface area contributed by atoms with Gasteiger partial charge in [-0.2, -0.15) is 10.2 Å². The number of nitriles is 1. The SMILES string of the molecule is CCCNc1nc(Nc2ccc(C#N)cc2)ncc1C#C[C@H]1CCC[C@H](NC(=O)[C@H](C)NC)C1. The number of likely N-dealkylation sites (N-methyl/N-ethyl adjacent to an activating group) is 1. The molecule has 0 aliphatic heterocycles. The molecule has 1 aliphatic rings. The number of rotatable bonds is 8. The molecule has 8 heteroatoms. The summed E-state index contributed by atoms with van der Waals surface area (Å²) in [5.41, 5.74) is 2.17. The number of hydrogen-bond acceptors (Lipinski definition) is 7. The van der Waals surface area contributed by atoms with Crippen LogP contribution < -0.4 is 21.3 Å². The van der Waals surface area contributed by atoms with Gasteiger partial charge in [0, 0.05) is 24.2 Å². The number of hydrogen-bond donors (Lipinski definition) is 4. The molecule has 4 N–H and O–H groups in total. The summed E-state index contributed by atoms with van der Waals surface area (Å²) < 4.78 is 0. The summed E-state index contributed by atoms with van der Waals surface area (Å²) in [4.78, 5) is 21.3. The maximum Gasteiger partial charge on any atom is 0.237 e. The molecule has 178 valence electrons. The highest BCUT2D eigenvalue weighted by Gasteiger charge is 2.23. The summed E-state index contributed by atoms with van der Waals surface area (Å²) in [7, 11) is 1.79. The molecule has 1 amide bonds. The Hall–Kier alpha value is -3.62. The van der Waals surface area contributed by atoms with Crippen molar-refractivity contribution in [1.82, 2.24) is 20.6 Å². The van der Waals surface area contributed by atoms with Gasteiger partial charge in [0.25, 0.3) is 0 Å². The van der Waals surface area contributed by atoms with E-state index in [1.807, 2.05) is 19.1 Å². The van der Waals surface area contributed by atoms with Crippen molar-refractivity contribution in [2.45, 2.75) is 58.0 Å². The van der Waals surface area contributed by atoms with Gasteiger partial charge in [-0.3, -0.25) is 4.79 Å². The molecule has 1 fully saturated rings. The fourth-order valence-electron chi connectivity index (χ4n) is 3.76. The van der Waals surface area contributed by atoms with Crippen molar-refractivity contribution in [1.29, 1.82) is 5.26 Å². The predicted octanol–water partition coefficient (Wildman–Crippen LogP) is 3.55. The molecule has 1 heterocycles. The molecule has 1 saturated carbocycles. The van der Waals surface area contributed by atoms with Crippen molar-refractivity contribution in [3.63, 3.8) is 0 Å². The van der Waals surface area contributed by atoms with Gasteiger partial charge in [0.05, 0.1) is 29.4 Å². The van der Waals surface area contributed by atoms with Crippen LogP contribution in [0.4, 0.5) is 17.5 Å². The van der Waals surface area contributed by atoms with E-state index in [1.54, 1.807) is 25.4 Å². The predicted molar refractivity (Wildman–Crippen MR) is 135 cm³/mol. The van der Waals surface area contributed by atoms with E-state index in [2.05, 4.69) is 56.1 Å². The molecule has 3 atom stereocenters.